The summed E-state index contributed by atoms with van der Waals surface area (Å²) in [4.78, 5) is 113. The van der Waals surface area contributed by atoms with Crippen molar-refractivity contribution in [1.29, 1.82) is 0 Å². The minimum Gasteiger partial charge on any atom is -0.702 e. The van der Waals surface area contributed by atoms with E-state index in [0.717, 1.165) is 78.8 Å². The fourth-order valence-electron chi connectivity index (χ4n) is 11.4. The standard InChI is InChI=1S/C26H33FN6O3Si.C23H25FN6O3.C19H17FN2O4.C7H16N4Si.C4H6BO4.C2H4O2.CH4.Na/c1-18(34)29-15-22-16-33(26(35)36-22)21-9-10-23(24(27)13-21)20-7-5-19(6-8-20)14-28-11-12-32-17-25(30-31-32)37(2,3)4;1-16(31)26-14-20-15-30(23(32)33-20)19-6-7-21(22(24)12-19)18-4-2-17(3-5-18)13-25-8-10-29-11-9-27-28-29;1-12(24)21-9-16-10-22(19(25)26-16)15-6-7-17(18(20)8-15)14-4-2-13(11-23)3-5-14;1-12(2,3)7-6-11(5-4-8)10-9-7;1-3(6)8-5-9-4(2)7;1-2(3)4;;/h5-10,13,17,22,28H,11-12,14-16H2,1-4H3,(H,29,34);2-7,9,11-12,20,25H,8,10,13-15H2,1H3,(H,26,31);2-8,11,16H,9-10H2,1H3,(H,21,24);6H,4-5,8H2,1-3H3;1-2H3;1H3,(H,3,4);1H4;/q;;;;-1;;;+1/t22-;20-;16-;;;;;/m000...../s1. The first kappa shape index (κ1) is 102. The van der Waals surface area contributed by atoms with Crippen LogP contribution in [0.15, 0.2) is 152 Å². The number of hydrogen-bond acceptors (Lipinski definition) is 24. The van der Waals surface area contributed by atoms with E-state index in [9.17, 15) is 56.3 Å². The molecule has 3 aliphatic heterocycles. The van der Waals surface area contributed by atoms with E-state index in [-0.39, 0.29) is 94.0 Å². The molecule has 6 heterocycles. The van der Waals surface area contributed by atoms with Crippen LogP contribution in [0.1, 0.15) is 70.5 Å². The molecule has 0 aliphatic carbocycles. The number of halogens is 3. The maximum Gasteiger partial charge on any atom is 1.00 e. The normalized spacial score (nSPS) is 14.3. The average Bonchev–Trinajstić information content (AvgIpc) is 1.67. The van der Waals surface area contributed by atoms with Crippen LogP contribution in [0.25, 0.3) is 33.4 Å². The summed E-state index contributed by atoms with van der Waals surface area (Å²) in [5.74, 6) is -3.82. The molecule has 2 radical (unpaired) electrons. The third kappa shape index (κ3) is 34.2. The number of carbonyl (C=O) groups is 10. The first-order chi connectivity index (χ1) is 57.5. The van der Waals surface area contributed by atoms with Gasteiger partial charge in [-0.25, -0.2) is 27.6 Å². The number of aldehydes is 1. The van der Waals surface area contributed by atoms with Gasteiger partial charge in [0.15, 0.2) is 0 Å². The third-order valence-corrected chi connectivity index (χ3v) is 21.1. The number of benzene rings is 6. The zero-order valence-electron chi connectivity index (χ0n) is 70.4. The largest absolute Gasteiger partial charge is 1.00 e. The summed E-state index contributed by atoms with van der Waals surface area (Å²) < 4.78 is 73.8. The summed E-state index contributed by atoms with van der Waals surface area (Å²) in [6.07, 6.45) is 5.11. The fraction of sp³-hybridized carbons (Fsp3) is 0.366. The van der Waals surface area contributed by atoms with Gasteiger partial charge in [0.2, 0.25) is 17.7 Å². The Morgan fingerprint density at radius 2 is 0.854 bits per heavy atom. The second-order valence-electron chi connectivity index (χ2n) is 29.7. The van der Waals surface area contributed by atoms with Crippen molar-refractivity contribution >= 4 is 112 Å². The summed E-state index contributed by atoms with van der Waals surface area (Å²) in [5.41, 5.74) is 12.7. The SMILES string of the molecule is C.CC(=O)NC[C@H]1CN(c2ccc(-c3ccc(C=O)cc3)c(F)c2)C(=O)O1.CC(=O)NC[C@H]1CN(c2ccc(-c3ccc(CNCCn4cc([Si](C)(C)C)nn4)cc3)c(F)c2)C(=O)O1.CC(=O)NC[C@H]1CN(c2ccc(-c3ccc(CNCCn4ccnn4)cc3)c(F)c2)C(=O)O1.CC(=O)O.CC(=O)O[B-]OC(C)=O.C[Si](C)(C)c1cn(CCN)nn1.[Na+]. The van der Waals surface area contributed by atoms with E-state index in [1.54, 1.807) is 71.5 Å². The molecule has 34 nitrogen and oxygen atoms in total. The topological polar surface area (TPSA) is 425 Å². The van der Waals surface area contributed by atoms with Gasteiger partial charge in [-0.15, -0.1) is 15.3 Å². The summed E-state index contributed by atoms with van der Waals surface area (Å²) in [5, 5.41) is 48.6. The van der Waals surface area contributed by atoms with Crippen molar-refractivity contribution in [2.75, 3.05) is 73.6 Å². The zero-order valence-corrected chi connectivity index (χ0v) is 74.4. The number of nitrogens with zero attached hydrogens (tertiary/aromatic N) is 12. The molecule has 3 aromatic heterocycles. The number of amides is 6. The first-order valence-electron chi connectivity index (χ1n) is 38.4. The van der Waals surface area contributed by atoms with Crippen LogP contribution in [0.5, 0.6) is 0 Å². The smallest absolute Gasteiger partial charge is 0.702 e. The molecule has 3 aliphatic rings. The van der Waals surface area contributed by atoms with Crippen LogP contribution in [0.2, 0.25) is 39.3 Å². The maximum absolute atomic E-state index is 15.0. The minimum atomic E-state index is -1.45. The Morgan fingerprint density at radius 1 is 0.520 bits per heavy atom. The van der Waals surface area contributed by atoms with Gasteiger partial charge in [-0.1, -0.05) is 135 Å². The number of aliphatic carboxylic acids is 1. The van der Waals surface area contributed by atoms with E-state index >= 15 is 0 Å². The molecule has 123 heavy (non-hydrogen) atoms. The van der Waals surface area contributed by atoms with Gasteiger partial charge in [-0.05, 0) is 82.4 Å². The Hall–Kier alpha value is -11.8. The van der Waals surface area contributed by atoms with Gasteiger partial charge in [-0.3, -0.25) is 62.3 Å². The Balaban J connectivity index is 0.000000287. The van der Waals surface area contributed by atoms with Crippen LogP contribution in [0.3, 0.4) is 0 Å². The number of carbonyl (C=O) groups excluding carboxylic acids is 9. The minimum absolute atomic E-state index is 0. The zero-order chi connectivity index (χ0) is 88.5. The molecule has 0 saturated carbocycles. The van der Waals surface area contributed by atoms with Gasteiger partial charge < -0.3 is 60.9 Å². The molecule has 0 spiro atoms. The molecule has 8 N–H and O–H groups in total. The van der Waals surface area contributed by atoms with Crippen LogP contribution in [0.4, 0.5) is 44.6 Å². The van der Waals surface area contributed by atoms with E-state index in [1.807, 2.05) is 76.5 Å². The summed E-state index contributed by atoms with van der Waals surface area (Å²) in [6.45, 7) is 28.3. The number of carboxylic acid groups (broad SMARTS) is 1. The summed E-state index contributed by atoms with van der Waals surface area (Å²) in [6, 6.07) is 35.8. The van der Waals surface area contributed by atoms with E-state index in [2.05, 4.69) is 106 Å². The van der Waals surface area contributed by atoms with Gasteiger partial charge in [-0.2, -0.15) is 0 Å². The molecule has 6 amide bonds. The van der Waals surface area contributed by atoms with Crippen molar-refractivity contribution in [2.45, 2.75) is 139 Å². The summed E-state index contributed by atoms with van der Waals surface area (Å²) in [7, 11) is -2.03. The Morgan fingerprint density at radius 3 is 1.14 bits per heavy atom. The molecule has 12 rings (SSSR count). The van der Waals surface area contributed by atoms with Crippen molar-refractivity contribution < 1.29 is 119 Å². The number of hydrogen-bond donors (Lipinski definition) is 7. The van der Waals surface area contributed by atoms with Crippen molar-refractivity contribution in [2.24, 2.45) is 5.73 Å². The van der Waals surface area contributed by atoms with Crippen molar-refractivity contribution in [1.82, 2.24) is 71.6 Å². The fourth-order valence-corrected chi connectivity index (χ4v) is 13.1. The maximum atomic E-state index is 15.0. The number of nitrogens with one attached hydrogen (secondary N) is 5. The van der Waals surface area contributed by atoms with Crippen LogP contribution < -0.4 is 87.2 Å². The van der Waals surface area contributed by atoms with Crippen LogP contribution >= 0.6 is 0 Å². The third-order valence-electron chi connectivity index (χ3n) is 17.6. The van der Waals surface area contributed by atoms with Gasteiger partial charge in [0.1, 0.15) is 65.9 Å². The molecule has 9 aromatic rings. The van der Waals surface area contributed by atoms with Crippen molar-refractivity contribution in [3.63, 3.8) is 0 Å². The number of rotatable bonds is 29. The number of cyclic esters (lactones) is 3. The van der Waals surface area contributed by atoms with E-state index in [1.165, 1.54) is 67.5 Å². The first-order valence-corrected chi connectivity index (χ1v) is 45.4. The van der Waals surface area contributed by atoms with Gasteiger partial charge in [0.05, 0.1) is 92.8 Å². The van der Waals surface area contributed by atoms with Crippen LogP contribution in [-0.2, 0) is 85.0 Å². The van der Waals surface area contributed by atoms with Gasteiger partial charge in [0.25, 0.3) is 17.9 Å². The molecule has 652 valence electrons. The molecule has 0 unspecified atom stereocenters. The second-order valence-corrected chi connectivity index (χ2v) is 39.7. The van der Waals surface area contributed by atoms with Crippen molar-refractivity contribution in [3.8, 4) is 33.4 Å². The molecule has 3 atom stereocenters. The Labute approximate surface area is 736 Å². The van der Waals surface area contributed by atoms with Gasteiger partial charge >= 0.3 is 47.8 Å². The van der Waals surface area contributed by atoms with E-state index in [4.69, 9.17) is 29.8 Å². The molecule has 6 aromatic carbocycles. The summed E-state index contributed by atoms with van der Waals surface area (Å²) >= 11 is 0. The molecule has 3 saturated heterocycles. The van der Waals surface area contributed by atoms with Gasteiger partial charge in [0, 0.05) is 115 Å². The van der Waals surface area contributed by atoms with Crippen molar-refractivity contribution in [3.05, 3.63) is 186 Å². The molecule has 41 heteroatoms. The number of ether oxygens (including phenoxy) is 3. The number of aromatic nitrogens is 9. The van der Waals surface area contributed by atoms with E-state index in [0.29, 0.717) is 72.2 Å². The molecule has 3 fully saturated rings. The van der Waals surface area contributed by atoms with Crippen LogP contribution in [0, 0.1) is 17.5 Å². The predicted octanol–water partition coefficient (Wildman–Crippen LogP) is 5.14. The predicted molar refractivity (Wildman–Crippen MR) is 458 cm³/mol. The second kappa shape index (κ2) is 50.0. The Bertz CT molecular complexity index is 4960. The van der Waals surface area contributed by atoms with E-state index < -0.39 is 88.1 Å². The monoisotopic (exact) mass is 1740 g/mol. The number of carboxylic acids is 1. The molecule has 0 bridgehead atoms. The molecular weight excluding hydrogens is 1640 g/mol. The van der Waals surface area contributed by atoms with Crippen LogP contribution in [-0.4, -0.2) is 211 Å². The number of nitrogens with two attached hydrogens (primary N) is 1. The average molecular weight is 1750 g/mol. The number of anilines is 3. The Kier molecular flexibility index (Phi) is 41.3. The quantitative estimate of drug-likeness (QED) is 0.0138. The molecular formula is C82H105BF3N18NaO16Si2.